The molecule has 0 radical (unpaired) electrons. The normalized spacial score (nSPS) is 29.0. The van der Waals surface area contributed by atoms with Gasteiger partial charge in [-0.15, -0.1) is 0 Å². The molecule has 1 spiro atoms. The van der Waals surface area contributed by atoms with E-state index in [-0.39, 0.29) is 17.6 Å². The summed E-state index contributed by atoms with van der Waals surface area (Å²) in [6, 6.07) is 0. The van der Waals surface area contributed by atoms with Crippen LogP contribution < -0.4 is 0 Å². The second-order valence-electron chi connectivity index (χ2n) is 5.78. The van der Waals surface area contributed by atoms with Crippen LogP contribution in [0.4, 0.5) is 0 Å². The number of methoxy groups -OCH3 is 1. The summed E-state index contributed by atoms with van der Waals surface area (Å²) in [6.07, 6.45) is 5.89. The molecular weight excluding hydrogens is 270 g/mol. The molecule has 2 fully saturated rings. The highest BCUT2D eigenvalue weighted by atomic mass is 16.6. The lowest BCUT2D eigenvalue weighted by Gasteiger charge is -2.44. The number of carbonyl (C=O) groups excluding carboxylic acids is 1. The zero-order valence-corrected chi connectivity index (χ0v) is 12.5. The van der Waals surface area contributed by atoms with Crippen LogP contribution in [-0.4, -0.2) is 59.3 Å². The van der Waals surface area contributed by atoms with Crippen molar-refractivity contribution >= 4 is 5.91 Å². The van der Waals surface area contributed by atoms with Crippen LogP contribution in [0.5, 0.6) is 0 Å². The minimum atomic E-state index is -0.341. The first-order valence-electron chi connectivity index (χ1n) is 7.39. The smallest absolute Gasteiger partial charge is 0.257 e. The molecule has 6 heteroatoms. The van der Waals surface area contributed by atoms with Crippen molar-refractivity contribution in [3.05, 3.63) is 23.8 Å². The molecule has 6 nitrogen and oxygen atoms in total. The Bertz CT molecular complexity index is 529. The molecule has 2 atom stereocenters. The van der Waals surface area contributed by atoms with Crippen molar-refractivity contribution in [1.82, 2.24) is 14.9 Å². The van der Waals surface area contributed by atoms with Crippen LogP contribution in [0.25, 0.3) is 0 Å². The molecular formula is C15H21N3O3. The van der Waals surface area contributed by atoms with E-state index in [1.165, 1.54) is 6.33 Å². The van der Waals surface area contributed by atoms with Gasteiger partial charge in [0.1, 0.15) is 11.9 Å². The Morgan fingerprint density at radius 3 is 3.10 bits per heavy atom. The Morgan fingerprint density at radius 2 is 2.43 bits per heavy atom. The molecule has 21 heavy (non-hydrogen) atoms. The lowest BCUT2D eigenvalue weighted by molar-refractivity contribution is -0.137. The van der Waals surface area contributed by atoms with E-state index in [1.807, 2.05) is 11.8 Å². The number of hydrogen-bond donors (Lipinski definition) is 0. The van der Waals surface area contributed by atoms with Gasteiger partial charge in [0.15, 0.2) is 0 Å². The first kappa shape index (κ1) is 14.4. The van der Waals surface area contributed by atoms with Gasteiger partial charge < -0.3 is 14.4 Å². The van der Waals surface area contributed by atoms with Gasteiger partial charge in [-0.2, -0.15) is 0 Å². The third-order valence-electron chi connectivity index (χ3n) is 4.55. The quantitative estimate of drug-likeness (QED) is 0.819. The Hall–Kier alpha value is -1.53. The average molecular weight is 291 g/mol. The summed E-state index contributed by atoms with van der Waals surface area (Å²) in [5, 5.41) is 0. The maximum atomic E-state index is 12.7. The standard InChI is InChI=1S/C15H21N3O3/c1-11-12(8-16-10-17-11)14(19)18-6-4-13(20-2)15(9-18)5-3-7-21-15/h8,10,13H,3-7,9H2,1-2H3/t13-,15-/m0/s1. The topological polar surface area (TPSA) is 64.5 Å². The minimum Gasteiger partial charge on any atom is -0.378 e. The van der Waals surface area contributed by atoms with E-state index in [9.17, 15) is 4.79 Å². The van der Waals surface area contributed by atoms with Gasteiger partial charge in [0.05, 0.1) is 23.9 Å². The van der Waals surface area contributed by atoms with Crippen molar-refractivity contribution in [3.8, 4) is 0 Å². The summed E-state index contributed by atoms with van der Waals surface area (Å²) in [5.74, 6) is -0.0162. The van der Waals surface area contributed by atoms with Gasteiger partial charge in [-0.1, -0.05) is 0 Å². The van der Waals surface area contributed by atoms with E-state index < -0.39 is 0 Å². The van der Waals surface area contributed by atoms with Crippen LogP contribution in [0, 0.1) is 6.92 Å². The molecule has 0 N–H and O–H groups in total. The summed E-state index contributed by atoms with van der Waals surface area (Å²) in [4.78, 5) is 22.6. The fourth-order valence-corrected chi connectivity index (χ4v) is 3.41. The Balaban J connectivity index is 1.81. The number of aryl methyl sites for hydroxylation is 1. The van der Waals surface area contributed by atoms with Crippen LogP contribution in [0.3, 0.4) is 0 Å². The summed E-state index contributed by atoms with van der Waals surface area (Å²) in [5.41, 5.74) is 0.943. The summed E-state index contributed by atoms with van der Waals surface area (Å²) in [7, 11) is 1.72. The molecule has 1 aromatic rings. The fourth-order valence-electron chi connectivity index (χ4n) is 3.41. The average Bonchev–Trinajstić information content (AvgIpc) is 2.96. The summed E-state index contributed by atoms with van der Waals surface area (Å²) in [6.45, 7) is 3.84. The molecule has 1 amide bonds. The van der Waals surface area contributed by atoms with Crippen molar-refractivity contribution in [1.29, 1.82) is 0 Å². The lowest BCUT2D eigenvalue weighted by atomic mass is 9.86. The van der Waals surface area contributed by atoms with Gasteiger partial charge in [-0.3, -0.25) is 4.79 Å². The van der Waals surface area contributed by atoms with E-state index in [0.29, 0.717) is 24.3 Å². The second-order valence-corrected chi connectivity index (χ2v) is 5.78. The minimum absolute atomic E-state index is 0.0162. The number of carbonyl (C=O) groups is 1. The Kier molecular flexibility index (Phi) is 3.91. The zero-order valence-electron chi connectivity index (χ0n) is 12.5. The SMILES string of the molecule is CO[C@H]1CCN(C(=O)c2cncnc2C)C[C@@]12CCCO2. The van der Waals surface area contributed by atoms with Crippen LogP contribution in [-0.2, 0) is 9.47 Å². The maximum absolute atomic E-state index is 12.7. The Morgan fingerprint density at radius 1 is 1.57 bits per heavy atom. The van der Waals surface area contributed by atoms with Crippen LogP contribution in [0.15, 0.2) is 12.5 Å². The number of likely N-dealkylation sites (tertiary alicyclic amines) is 1. The van der Waals surface area contributed by atoms with Crippen LogP contribution >= 0.6 is 0 Å². The monoisotopic (exact) mass is 291 g/mol. The number of aromatic nitrogens is 2. The zero-order chi connectivity index (χ0) is 14.9. The first-order chi connectivity index (χ1) is 10.2. The predicted molar refractivity (Wildman–Crippen MR) is 76.0 cm³/mol. The molecule has 3 heterocycles. The molecule has 114 valence electrons. The largest absolute Gasteiger partial charge is 0.378 e. The molecule has 2 saturated heterocycles. The molecule has 1 aromatic heterocycles. The van der Waals surface area contributed by atoms with Crippen LogP contribution in [0.1, 0.15) is 35.3 Å². The van der Waals surface area contributed by atoms with Gasteiger partial charge in [0.25, 0.3) is 5.91 Å². The van der Waals surface area contributed by atoms with E-state index in [1.54, 1.807) is 13.3 Å². The molecule has 0 saturated carbocycles. The van der Waals surface area contributed by atoms with Crippen LogP contribution in [0.2, 0.25) is 0 Å². The van der Waals surface area contributed by atoms with E-state index in [0.717, 1.165) is 25.9 Å². The first-order valence-corrected chi connectivity index (χ1v) is 7.39. The molecule has 0 unspecified atom stereocenters. The summed E-state index contributed by atoms with van der Waals surface area (Å²) >= 11 is 0. The molecule has 2 aliphatic heterocycles. The van der Waals surface area contributed by atoms with Gasteiger partial charge in [0.2, 0.25) is 0 Å². The third-order valence-corrected chi connectivity index (χ3v) is 4.55. The van der Waals surface area contributed by atoms with Crippen molar-refractivity contribution in [2.75, 3.05) is 26.8 Å². The summed E-state index contributed by atoms with van der Waals surface area (Å²) < 4.78 is 11.6. The highest BCUT2D eigenvalue weighted by Gasteiger charge is 2.48. The molecule has 3 rings (SSSR count). The molecule has 0 bridgehead atoms. The number of hydrogen-bond acceptors (Lipinski definition) is 5. The van der Waals surface area contributed by atoms with Crippen molar-refractivity contribution in [3.63, 3.8) is 0 Å². The highest BCUT2D eigenvalue weighted by Crippen LogP contribution is 2.36. The van der Waals surface area contributed by atoms with Crippen molar-refractivity contribution in [2.24, 2.45) is 0 Å². The lowest BCUT2D eigenvalue weighted by Crippen LogP contribution is -2.58. The van der Waals surface area contributed by atoms with Gasteiger partial charge >= 0.3 is 0 Å². The molecule has 2 aliphatic rings. The number of rotatable bonds is 2. The number of piperidine rings is 1. The third kappa shape index (κ3) is 2.53. The number of amides is 1. The van der Waals surface area contributed by atoms with Crippen molar-refractivity contribution < 1.29 is 14.3 Å². The van der Waals surface area contributed by atoms with E-state index >= 15 is 0 Å². The molecule has 0 aliphatic carbocycles. The van der Waals surface area contributed by atoms with E-state index in [2.05, 4.69) is 9.97 Å². The predicted octanol–water partition coefficient (Wildman–Crippen LogP) is 1.20. The number of nitrogens with zero attached hydrogens (tertiary/aromatic N) is 3. The second kappa shape index (κ2) is 5.69. The van der Waals surface area contributed by atoms with Gasteiger partial charge in [-0.05, 0) is 26.2 Å². The highest BCUT2D eigenvalue weighted by molar-refractivity contribution is 5.95. The number of ether oxygens (including phenoxy) is 2. The van der Waals surface area contributed by atoms with Gasteiger partial charge in [0, 0.05) is 26.5 Å². The van der Waals surface area contributed by atoms with E-state index in [4.69, 9.17) is 9.47 Å². The van der Waals surface area contributed by atoms with Crippen molar-refractivity contribution in [2.45, 2.75) is 37.9 Å². The fraction of sp³-hybridized carbons (Fsp3) is 0.667. The van der Waals surface area contributed by atoms with Gasteiger partial charge in [-0.25, -0.2) is 9.97 Å². The maximum Gasteiger partial charge on any atom is 0.257 e. The Labute approximate surface area is 124 Å². The molecule has 0 aromatic carbocycles.